The standard InChI is InChI=1S/C18H22N2O5S2/c1-15(14-25-2)19-27(23,24)18-10-8-17(9-11-18)20-26(21,22)13-12-16-6-4-3-5-7-16/h3-13,15,19-20H,14H2,1-2H3/b13-12+. The Labute approximate surface area is 160 Å². The number of hydrogen-bond acceptors (Lipinski definition) is 5. The van der Waals surface area contributed by atoms with Gasteiger partial charge in [0, 0.05) is 18.8 Å². The average molecular weight is 411 g/mol. The summed E-state index contributed by atoms with van der Waals surface area (Å²) in [5.74, 6) is 0. The molecule has 0 aliphatic rings. The van der Waals surface area contributed by atoms with Crippen LogP contribution in [0.5, 0.6) is 0 Å². The van der Waals surface area contributed by atoms with Gasteiger partial charge in [0.05, 0.1) is 16.9 Å². The quantitative estimate of drug-likeness (QED) is 0.661. The Kier molecular flexibility index (Phi) is 7.14. The van der Waals surface area contributed by atoms with Gasteiger partial charge in [-0.1, -0.05) is 30.3 Å². The number of benzene rings is 2. The van der Waals surface area contributed by atoms with Gasteiger partial charge in [-0.2, -0.15) is 0 Å². The van der Waals surface area contributed by atoms with Gasteiger partial charge in [0.2, 0.25) is 10.0 Å². The van der Waals surface area contributed by atoms with Gasteiger partial charge >= 0.3 is 0 Å². The van der Waals surface area contributed by atoms with Crippen molar-refractivity contribution in [2.45, 2.75) is 17.9 Å². The number of methoxy groups -OCH3 is 1. The molecule has 0 saturated carbocycles. The van der Waals surface area contributed by atoms with Gasteiger partial charge in [-0.05, 0) is 42.8 Å². The zero-order valence-corrected chi connectivity index (χ0v) is 16.6. The molecule has 2 N–H and O–H groups in total. The van der Waals surface area contributed by atoms with Gasteiger partial charge in [0.25, 0.3) is 10.0 Å². The van der Waals surface area contributed by atoms with Crippen molar-refractivity contribution in [2.75, 3.05) is 18.4 Å². The average Bonchev–Trinajstić information content (AvgIpc) is 2.61. The molecule has 0 aromatic heterocycles. The van der Waals surface area contributed by atoms with Crippen molar-refractivity contribution in [2.24, 2.45) is 0 Å². The van der Waals surface area contributed by atoms with E-state index >= 15 is 0 Å². The lowest BCUT2D eigenvalue weighted by Gasteiger charge is -2.13. The van der Waals surface area contributed by atoms with Crippen LogP contribution in [0.25, 0.3) is 6.08 Å². The number of anilines is 1. The molecule has 0 spiro atoms. The second kappa shape index (κ2) is 9.14. The zero-order chi connectivity index (χ0) is 19.9. The van der Waals surface area contributed by atoms with Crippen LogP contribution in [-0.2, 0) is 24.8 Å². The maximum Gasteiger partial charge on any atom is 0.255 e. The lowest BCUT2D eigenvalue weighted by atomic mass is 10.2. The second-order valence-electron chi connectivity index (χ2n) is 5.86. The second-order valence-corrected chi connectivity index (χ2v) is 9.14. The molecular weight excluding hydrogens is 388 g/mol. The van der Waals surface area contributed by atoms with Gasteiger partial charge in [-0.3, -0.25) is 4.72 Å². The van der Waals surface area contributed by atoms with E-state index < -0.39 is 20.0 Å². The molecule has 2 aromatic carbocycles. The molecule has 0 bridgehead atoms. The smallest absolute Gasteiger partial charge is 0.255 e. The fourth-order valence-corrected chi connectivity index (χ4v) is 4.35. The van der Waals surface area contributed by atoms with E-state index in [0.717, 1.165) is 11.0 Å². The van der Waals surface area contributed by atoms with Crippen LogP contribution in [0, 0.1) is 0 Å². The third kappa shape index (κ3) is 6.79. The lowest BCUT2D eigenvalue weighted by Crippen LogP contribution is -2.35. The van der Waals surface area contributed by atoms with Crippen molar-refractivity contribution in [3.05, 3.63) is 65.6 Å². The molecule has 27 heavy (non-hydrogen) atoms. The monoisotopic (exact) mass is 410 g/mol. The van der Waals surface area contributed by atoms with E-state index in [1.807, 2.05) is 6.07 Å². The van der Waals surface area contributed by atoms with E-state index in [4.69, 9.17) is 4.74 Å². The van der Waals surface area contributed by atoms with Crippen molar-refractivity contribution in [1.82, 2.24) is 4.72 Å². The maximum atomic E-state index is 12.3. The molecule has 1 atom stereocenters. The fraction of sp³-hybridized carbons (Fsp3) is 0.222. The Morgan fingerprint density at radius 1 is 1.00 bits per heavy atom. The molecule has 0 radical (unpaired) electrons. The summed E-state index contributed by atoms with van der Waals surface area (Å²) in [6.45, 7) is 1.92. The summed E-state index contributed by atoms with van der Waals surface area (Å²) in [6.07, 6.45) is 1.47. The first-order chi connectivity index (χ1) is 12.7. The third-order valence-corrected chi connectivity index (χ3v) is 6.06. The molecule has 1 unspecified atom stereocenters. The first-order valence-corrected chi connectivity index (χ1v) is 11.1. The summed E-state index contributed by atoms with van der Waals surface area (Å²) in [5.41, 5.74) is 1.01. The van der Waals surface area contributed by atoms with Gasteiger partial charge in [-0.25, -0.2) is 21.6 Å². The van der Waals surface area contributed by atoms with Crippen LogP contribution in [-0.4, -0.2) is 36.6 Å². The highest BCUT2D eigenvalue weighted by atomic mass is 32.2. The number of ether oxygens (including phenoxy) is 1. The van der Waals surface area contributed by atoms with E-state index in [1.54, 1.807) is 31.2 Å². The number of rotatable bonds is 9. The molecule has 2 rings (SSSR count). The highest BCUT2D eigenvalue weighted by Crippen LogP contribution is 2.16. The summed E-state index contributed by atoms with van der Waals surface area (Å²) in [7, 11) is -5.95. The van der Waals surface area contributed by atoms with Gasteiger partial charge in [0.15, 0.2) is 0 Å². The first kappa shape index (κ1) is 21.1. The van der Waals surface area contributed by atoms with Gasteiger partial charge < -0.3 is 4.74 Å². The normalized spacial score (nSPS) is 13.6. The number of nitrogens with one attached hydrogen (secondary N) is 2. The van der Waals surface area contributed by atoms with Crippen LogP contribution in [0.2, 0.25) is 0 Å². The van der Waals surface area contributed by atoms with Crippen molar-refractivity contribution in [3.63, 3.8) is 0 Å². The Hall–Kier alpha value is -2.20. The van der Waals surface area contributed by atoms with E-state index in [2.05, 4.69) is 9.44 Å². The van der Waals surface area contributed by atoms with Crippen molar-refractivity contribution >= 4 is 31.8 Å². The Morgan fingerprint density at radius 3 is 2.22 bits per heavy atom. The molecule has 0 amide bonds. The Morgan fingerprint density at radius 2 is 1.63 bits per heavy atom. The Bertz CT molecular complexity index is 970. The third-order valence-electron chi connectivity index (χ3n) is 3.44. The maximum absolute atomic E-state index is 12.3. The van der Waals surface area contributed by atoms with Crippen molar-refractivity contribution in [3.8, 4) is 0 Å². The predicted octanol–water partition coefficient (Wildman–Crippen LogP) is 2.41. The highest BCUT2D eigenvalue weighted by Gasteiger charge is 2.17. The van der Waals surface area contributed by atoms with Crippen LogP contribution in [0.3, 0.4) is 0 Å². The molecule has 146 valence electrons. The van der Waals surface area contributed by atoms with Crippen molar-refractivity contribution in [1.29, 1.82) is 0 Å². The van der Waals surface area contributed by atoms with Crippen LogP contribution in [0.4, 0.5) is 5.69 Å². The van der Waals surface area contributed by atoms with E-state index in [9.17, 15) is 16.8 Å². The summed E-state index contributed by atoms with van der Waals surface area (Å²) in [5, 5.41) is 1.06. The van der Waals surface area contributed by atoms with Crippen LogP contribution in [0.15, 0.2) is 64.9 Å². The predicted molar refractivity (Wildman–Crippen MR) is 106 cm³/mol. The van der Waals surface area contributed by atoms with Crippen LogP contribution >= 0.6 is 0 Å². The summed E-state index contributed by atoms with van der Waals surface area (Å²) in [6, 6.07) is 14.1. The molecule has 2 aromatic rings. The molecular formula is C18H22N2O5S2. The van der Waals surface area contributed by atoms with Gasteiger partial charge in [-0.15, -0.1) is 0 Å². The van der Waals surface area contributed by atoms with Crippen LogP contribution < -0.4 is 9.44 Å². The van der Waals surface area contributed by atoms with Crippen molar-refractivity contribution < 1.29 is 21.6 Å². The molecule has 7 nitrogen and oxygen atoms in total. The minimum Gasteiger partial charge on any atom is -0.383 e. The van der Waals surface area contributed by atoms with E-state index in [0.29, 0.717) is 0 Å². The number of hydrogen-bond donors (Lipinski definition) is 2. The number of sulfonamides is 2. The molecule has 0 aliphatic carbocycles. The van der Waals surface area contributed by atoms with Gasteiger partial charge in [0.1, 0.15) is 0 Å². The Balaban J connectivity index is 2.07. The fourth-order valence-electron chi connectivity index (χ4n) is 2.25. The summed E-state index contributed by atoms with van der Waals surface area (Å²) < 4.78 is 58.5. The molecule has 0 saturated heterocycles. The lowest BCUT2D eigenvalue weighted by molar-refractivity contribution is 0.180. The minimum atomic E-state index is -3.72. The van der Waals surface area contributed by atoms with E-state index in [1.165, 1.54) is 37.5 Å². The molecule has 0 aliphatic heterocycles. The molecule has 0 fully saturated rings. The first-order valence-electron chi connectivity index (χ1n) is 8.09. The van der Waals surface area contributed by atoms with E-state index in [-0.39, 0.29) is 23.2 Å². The summed E-state index contributed by atoms with van der Waals surface area (Å²) >= 11 is 0. The topological polar surface area (TPSA) is 102 Å². The largest absolute Gasteiger partial charge is 0.383 e. The molecule has 0 heterocycles. The SMILES string of the molecule is COCC(C)NS(=O)(=O)c1ccc(NS(=O)(=O)/C=C/c2ccccc2)cc1. The highest BCUT2D eigenvalue weighted by molar-refractivity contribution is 7.95. The summed E-state index contributed by atoms with van der Waals surface area (Å²) in [4.78, 5) is 0.0354. The molecule has 9 heteroatoms. The van der Waals surface area contributed by atoms with Crippen LogP contribution in [0.1, 0.15) is 12.5 Å². The minimum absolute atomic E-state index is 0.0354. The zero-order valence-electron chi connectivity index (χ0n) is 15.0.